The van der Waals surface area contributed by atoms with Gasteiger partial charge in [0.25, 0.3) is 0 Å². The van der Waals surface area contributed by atoms with Crippen molar-refractivity contribution in [1.82, 2.24) is 14.3 Å². The fraction of sp³-hybridized carbons (Fsp3) is 0.407. The van der Waals surface area contributed by atoms with Gasteiger partial charge in [0.15, 0.2) is 10.7 Å². The molecule has 0 amide bonds. The Morgan fingerprint density at radius 1 is 1.12 bits per heavy atom. The van der Waals surface area contributed by atoms with E-state index in [1.165, 1.54) is 5.56 Å². The van der Waals surface area contributed by atoms with Crippen molar-refractivity contribution in [2.75, 3.05) is 19.6 Å². The molecule has 1 saturated carbocycles. The van der Waals surface area contributed by atoms with Gasteiger partial charge in [0, 0.05) is 29.3 Å². The first-order chi connectivity index (χ1) is 16.0. The van der Waals surface area contributed by atoms with E-state index < -0.39 is 0 Å². The van der Waals surface area contributed by atoms with Crippen LogP contribution in [0.5, 0.6) is 0 Å². The van der Waals surface area contributed by atoms with Gasteiger partial charge in [0.1, 0.15) is 0 Å². The molecular weight excluding hydrogens is 428 g/mol. The lowest BCUT2D eigenvalue weighted by atomic mass is 10.0. The van der Waals surface area contributed by atoms with Crippen molar-refractivity contribution in [2.45, 2.75) is 51.5 Å². The van der Waals surface area contributed by atoms with E-state index in [4.69, 9.17) is 10.7 Å². The normalized spacial score (nSPS) is 15.0. The fourth-order valence-electron chi connectivity index (χ4n) is 4.52. The second-order valence-corrected chi connectivity index (χ2v) is 10.2. The second-order valence-electron chi connectivity index (χ2n) is 9.20. The molecule has 172 valence electrons. The maximum absolute atomic E-state index is 12.7. The number of nitrogens with zero attached hydrogens (tertiary/aromatic N) is 3. The number of benzene rings is 2. The summed E-state index contributed by atoms with van der Waals surface area (Å²) in [6, 6.07) is 14.6. The number of Topliss-reactive ketones (excluding diaryl/α,β-unsaturated/α-hetero) is 1. The van der Waals surface area contributed by atoms with Gasteiger partial charge in [-0.05, 0) is 69.1 Å². The highest BCUT2D eigenvalue weighted by Crippen LogP contribution is 2.43. The number of hydrogen-bond donors (Lipinski definition) is 1. The van der Waals surface area contributed by atoms with Crippen molar-refractivity contribution in [3.8, 4) is 11.3 Å². The number of thiazole rings is 1. The van der Waals surface area contributed by atoms with E-state index in [1.54, 1.807) is 11.3 Å². The van der Waals surface area contributed by atoms with Crippen LogP contribution in [0.4, 0.5) is 0 Å². The first-order valence-corrected chi connectivity index (χ1v) is 12.9. The number of aromatic nitrogens is 2. The lowest BCUT2D eigenvalue weighted by Gasteiger charge is -2.17. The zero-order valence-electron chi connectivity index (χ0n) is 19.5. The van der Waals surface area contributed by atoms with Gasteiger partial charge >= 0.3 is 0 Å². The molecule has 1 aliphatic carbocycles. The molecule has 2 aromatic heterocycles. The Hall–Kier alpha value is -2.54. The van der Waals surface area contributed by atoms with E-state index in [2.05, 4.69) is 59.7 Å². The summed E-state index contributed by atoms with van der Waals surface area (Å²) in [6.07, 6.45) is 6.85. The van der Waals surface area contributed by atoms with Crippen molar-refractivity contribution >= 4 is 32.3 Å². The zero-order valence-corrected chi connectivity index (χ0v) is 20.3. The maximum Gasteiger partial charge on any atom is 0.195 e. The van der Waals surface area contributed by atoms with Crippen molar-refractivity contribution < 1.29 is 4.79 Å². The van der Waals surface area contributed by atoms with Gasteiger partial charge in [-0.2, -0.15) is 0 Å². The van der Waals surface area contributed by atoms with Crippen LogP contribution in [0.15, 0.2) is 48.7 Å². The van der Waals surface area contributed by atoms with Crippen molar-refractivity contribution in [1.29, 1.82) is 0 Å². The average molecular weight is 461 g/mol. The van der Waals surface area contributed by atoms with Crippen molar-refractivity contribution in [3.63, 3.8) is 0 Å². The van der Waals surface area contributed by atoms with Gasteiger partial charge < -0.3 is 10.6 Å². The van der Waals surface area contributed by atoms with Gasteiger partial charge in [-0.25, -0.2) is 4.98 Å². The summed E-state index contributed by atoms with van der Waals surface area (Å²) >= 11 is 1.64. The number of hydrogen-bond acceptors (Lipinski definition) is 5. The summed E-state index contributed by atoms with van der Waals surface area (Å²) in [5.74, 6) is 0.233. The van der Waals surface area contributed by atoms with Crippen LogP contribution in [0.25, 0.3) is 26.4 Å². The van der Waals surface area contributed by atoms with Gasteiger partial charge in [-0.3, -0.25) is 9.20 Å². The summed E-state index contributed by atoms with van der Waals surface area (Å²) in [5, 5.41) is 0. The molecule has 5 rings (SSSR count). The molecule has 0 radical (unpaired) electrons. The van der Waals surface area contributed by atoms with E-state index in [0.717, 1.165) is 77.3 Å². The third-order valence-corrected chi connectivity index (χ3v) is 8.00. The molecule has 6 heteroatoms. The largest absolute Gasteiger partial charge is 0.321 e. The first-order valence-electron chi connectivity index (χ1n) is 12.1. The summed E-state index contributed by atoms with van der Waals surface area (Å²) in [7, 11) is 0. The molecule has 0 spiro atoms. The Morgan fingerprint density at radius 2 is 1.88 bits per heavy atom. The second kappa shape index (κ2) is 9.01. The summed E-state index contributed by atoms with van der Waals surface area (Å²) in [6.45, 7) is 7.58. The maximum atomic E-state index is 12.7. The molecule has 0 unspecified atom stereocenters. The molecule has 2 aromatic carbocycles. The molecule has 0 saturated heterocycles. The smallest absolute Gasteiger partial charge is 0.195 e. The van der Waals surface area contributed by atoms with Crippen molar-refractivity contribution in [2.24, 2.45) is 5.73 Å². The molecule has 0 atom stereocenters. The van der Waals surface area contributed by atoms with Crippen LogP contribution in [0.1, 0.15) is 61.9 Å². The lowest BCUT2D eigenvalue weighted by molar-refractivity contribution is 0.0978. The van der Waals surface area contributed by atoms with Gasteiger partial charge in [-0.1, -0.05) is 49.4 Å². The predicted molar refractivity (Wildman–Crippen MR) is 137 cm³/mol. The number of fused-ring (bicyclic) bond motifs is 3. The number of rotatable bonds is 10. The highest BCUT2D eigenvalue weighted by molar-refractivity contribution is 7.23. The lowest BCUT2D eigenvalue weighted by Crippen LogP contribution is -2.24. The SMILES string of the molecule is CCN(CC)CCCCC(=O)c1ccc2c(c1)sc1nc(-c3ccc(C4(N)CC4)cc3)cn12. The molecule has 1 fully saturated rings. The summed E-state index contributed by atoms with van der Waals surface area (Å²) in [4.78, 5) is 20.9. The van der Waals surface area contributed by atoms with Gasteiger partial charge in [-0.15, -0.1) is 0 Å². The topological polar surface area (TPSA) is 63.6 Å². The van der Waals surface area contributed by atoms with E-state index >= 15 is 0 Å². The number of nitrogens with two attached hydrogens (primary N) is 1. The quantitative estimate of drug-likeness (QED) is 0.238. The van der Waals surface area contributed by atoms with Crippen LogP contribution in [-0.4, -0.2) is 39.7 Å². The molecule has 0 bridgehead atoms. The van der Waals surface area contributed by atoms with E-state index in [1.807, 2.05) is 12.1 Å². The Kier molecular flexibility index (Phi) is 6.08. The first kappa shape index (κ1) is 22.3. The highest BCUT2D eigenvalue weighted by Gasteiger charge is 2.39. The van der Waals surface area contributed by atoms with Crippen LogP contribution in [0, 0.1) is 0 Å². The number of ketones is 1. The monoisotopic (exact) mass is 460 g/mol. The average Bonchev–Trinajstić information content (AvgIpc) is 3.31. The Bertz CT molecular complexity index is 1280. The zero-order chi connectivity index (χ0) is 23.0. The van der Waals surface area contributed by atoms with Crippen molar-refractivity contribution in [3.05, 3.63) is 59.8 Å². The van der Waals surface area contributed by atoms with Crippen LogP contribution in [0.3, 0.4) is 0 Å². The standard InChI is InChI=1S/C27H32N4OS/c1-3-30(4-2)16-6-5-7-24(32)20-10-13-23-25(17-20)33-26-29-22(18-31(23)26)19-8-11-21(12-9-19)27(28)14-15-27/h8-13,17-18H,3-7,14-16,28H2,1-2H3. The third-order valence-electron chi connectivity index (χ3n) is 6.98. The number of unbranched alkanes of at least 4 members (excludes halogenated alkanes) is 1. The Morgan fingerprint density at radius 3 is 2.58 bits per heavy atom. The van der Waals surface area contributed by atoms with Gasteiger partial charge in [0.2, 0.25) is 0 Å². The number of carbonyl (C=O) groups excluding carboxylic acids is 1. The molecule has 1 aliphatic rings. The van der Waals surface area contributed by atoms with E-state index in [9.17, 15) is 4.79 Å². The van der Waals surface area contributed by atoms with E-state index in [0.29, 0.717) is 6.42 Å². The number of imidazole rings is 1. The molecule has 5 nitrogen and oxygen atoms in total. The summed E-state index contributed by atoms with van der Waals surface area (Å²) < 4.78 is 3.24. The molecule has 4 aromatic rings. The highest BCUT2D eigenvalue weighted by atomic mass is 32.1. The molecule has 33 heavy (non-hydrogen) atoms. The minimum Gasteiger partial charge on any atom is -0.321 e. The van der Waals surface area contributed by atoms with Crippen LogP contribution in [0.2, 0.25) is 0 Å². The molecule has 2 N–H and O–H groups in total. The summed E-state index contributed by atoms with van der Waals surface area (Å²) in [5.41, 5.74) is 11.4. The predicted octanol–water partition coefficient (Wildman–Crippen LogP) is 5.86. The fourth-order valence-corrected chi connectivity index (χ4v) is 5.56. The van der Waals surface area contributed by atoms with Gasteiger partial charge in [0.05, 0.1) is 15.9 Å². The Labute approximate surface area is 199 Å². The van der Waals surface area contributed by atoms with E-state index in [-0.39, 0.29) is 11.3 Å². The molecule has 0 aliphatic heterocycles. The minimum absolute atomic E-state index is 0.107. The van der Waals surface area contributed by atoms with Crippen LogP contribution in [-0.2, 0) is 5.54 Å². The third kappa shape index (κ3) is 4.47. The van der Waals surface area contributed by atoms with Crippen LogP contribution >= 0.6 is 11.3 Å². The van der Waals surface area contributed by atoms with Crippen LogP contribution < -0.4 is 5.73 Å². The minimum atomic E-state index is -0.107. The molecule has 2 heterocycles. The number of carbonyl (C=O) groups is 1. The molecular formula is C27H32N4OS. The Balaban J connectivity index is 1.29.